The molecule has 0 atom stereocenters. The van der Waals surface area contributed by atoms with Gasteiger partial charge in [0.1, 0.15) is 6.07 Å². The molecule has 0 unspecified atom stereocenters. The molecule has 1 aromatic heterocycles. The Morgan fingerprint density at radius 2 is 2.11 bits per heavy atom. The van der Waals surface area contributed by atoms with Crippen molar-refractivity contribution >= 4 is 0 Å². The minimum atomic E-state index is 0.400. The minimum Gasteiger partial charge on any atom is -0.257 e. The summed E-state index contributed by atoms with van der Waals surface area (Å²) in [4.78, 5) is 7.64. The smallest absolute Gasteiger partial charge is 0.161 e. The van der Waals surface area contributed by atoms with Gasteiger partial charge in [-0.3, -0.25) is 4.98 Å². The first-order valence-electron chi connectivity index (χ1n) is 2.52. The van der Waals surface area contributed by atoms with Gasteiger partial charge in [0, 0.05) is 12.4 Å². The molecule has 1 rings (SSSR count). The van der Waals surface area contributed by atoms with Gasteiger partial charge in [0.05, 0.1) is 5.69 Å². The van der Waals surface area contributed by atoms with Crippen LogP contribution in [0, 0.1) is 18.3 Å². The Morgan fingerprint density at radius 1 is 1.44 bits per heavy atom. The van der Waals surface area contributed by atoms with E-state index < -0.39 is 0 Å². The van der Waals surface area contributed by atoms with Crippen LogP contribution < -0.4 is 0 Å². The molecule has 0 N–H and O–H groups in total. The molecule has 1 heterocycles. The summed E-state index contributed by atoms with van der Waals surface area (Å²) in [5.74, 6) is 0. The van der Waals surface area contributed by atoms with Gasteiger partial charge in [-0.1, -0.05) is 0 Å². The van der Waals surface area contributed by atoms with Gasteiger partial charge >= 0.3 is 0 Å². The first kappa shape index (κ1) is 5.70. The molecule has 0 aromatic carbocycles. The number of aryl methyl sites for hydroxylation is 1. The summed E-state index contributed by atoms with van der Waals surface area (Å²) < 4.78 is 0. The molecule has 0 radical (unpaired) electrons. The van der Waals surface area contributed by atoms with Crippen molar-refractivity contribution in [3.8, 4) is 6.07 Å². The lowest BCUT2D eigenvalue weighted by Crippen LogP contribution is -1.88. The molecule has 0 saturated carbocycles. The van der Waals surface area contributed by atoms with E-state index in [0.717, 1.165) is 0 Å². The van der Waals surface area contributed by atoms with Gasteiger partial charge in [0.15, 0.2) is 5.69 Å². The highest BCUT2D eigenvalue weighted by Gasteiger charge is 1.93. The van der Waals surface area contributed by atoms with Gasteiger partial charge < -0.3 is 0 Å². The molecule has 0 aliphatic heterocycles. The maximum Gasteiger partial charge on any atom is 0.161 e. The van der Waals surface area contributed by atoms with E-state index in [2.05, 4.69) is 9.97 Å². The van der Waals surface area contributed by atoms with E-state index in [4.69, 9.17) is 5.26 Å². The zero-order chi connectivity index (χ0) is 6.69. The second kappa shape index (κ2) is 2.23. The maximum atomic E-state index is 8.37. The van der Waals surface area contributed by atoms with Gasteiger partial charge in [-0.25, -0.2) is 4.98 Å². The fourth-order valence-electron chi connectivity index (χ4n) is 0.517. The Kier molecular flexibility index (Phi) is 1.41. The molecule has 0 fully saturated rings. The maximum absolute atomic E-state index is 8.37. The van der Waals surface area contributed by atoms with E-state index >= 15 is 0 Å². The third-order valence-corrected chi connectivity index (χ3v) is 0.987. The number of hydrogen-bond acceptors (Lipinski definition) is 3. The molecule has 3 nitrogen and oxygen atoms in total. The van der Waals surface area contributed by atoms with Crippen molar-refractivity contribution in [2.45, 2.75) is 6.92 Å². The summed E-state index contributed by atoms with van der Waals surface area (Å²) in [6, 6.07) is 1.92. The van der Waals surface area contributed by atoms with Crippen LogP contribution in [0.3, 0.4) is 0 Å². The Balaban J connectivity index is 3.20. The average molecular weight is 119 g/mol. The Labute approximate surface area is 53.0 Å². The third kappa shape index (κ3) is 1.03. The van der Waals surface area contributed by atoms with Crippen LogP contribution in [0.5, 0.6) is 0 Å². The first-order chi connectivity index (χ1) is 4.34. The van der Waals surface area contributed by atoms with E-state index in [-0.39, 0.29) is 0 Å². The van der Waals surface area contributed by atoms with E-state index in [0.29, 0.717) is 11.4 Å². The molecule has 3 heteroatoms. The average Bonchev–Trinajstić information content (AvgIpc) is 1.89. The van der Waals surface area contributed by atoms with Crippen LogP contribution in [-0.4, -0.2) is 9.97 Å². The van der Waals surface area contributed by atoms with Gasteiger partial charge in [-0.2, -0.15) is 5.26 Å². The number of rotatable bonds is 0. The van der Waals surface area contributed by atoms with Crippen LogP contribution in [0.1, 0.15) is 11.4 Å². The molecular weight excluding hydrogens is 114 g/mol. The standard InChI is InChI=1S/C6H5N3/c1-5-6(4-7)9-3-2-8-5/h2-3H,1H3. The van der Waals surface area contributed by atoms with Crippen molar-refractivity contribution in [2.75, 3.05) is 0 Å². The first-order valence-corrected chi connectivity index (χ1v) is 2.52. The van der Waals surface area contributed by atoms with Crippen molar-refractivity contribution in [2.24, 2.45) is 0 Å². The quantitative estimate of drug-likeness (QED) is 0.504. The number of hydrogen-bond donors (Lipinski definition) is 0. The fraction of sp³-hybridized carbons (Fsp3) is 0.167. The van der Waals surface area contributed by atoms with Crippen LogP contribution in [0.15, 0.2) is 12.4 Å². The third-order valence-electron chi connectivity index (χ3n) is 0.987. The SMILES string of the molecule is Cc1nccnc1C#N. The van der Waals surface area contributed by atoms with Crippen LogP contribution >= 0.6 is 0 Å². The van der Waals surface area contributed by atoms with Crippen LogP contribution in [0.4, 0.5) is 0 Å². The van der Waals surface area contributed by atoms with E-state index in [1.165, 1.54) is 6.20 Å². The van der Waals surface area contributed by atoms with Crippen molar-refractivity contribution in [3.05, 3.63) is 23.8 Å². The van der Waals surface area contributed by atoms with Crippen molar-refractivity contribution in [3.63, 3.8) is 0 Å². The second-order valence-electron chi connectivity index (χ2n) is 1.60. The summed E-state index contributed by atoms with van der Waals surface area (Å²) in [5, 5.41) is 8.37. The summed E-state index contributed by atoms with van der Waals surface area (Å²) in [5.41, 5.74) is 1.08. The number of nitrogens with zero attached hydrogens (tertiary/aromatic N) is 3. The molecule has 0 aliphatic carbocycles. The van der Waals surface area contributed by atoms with Gasteiger partial charge in [0.2, 0.25) is 0 Å². The molecular formula is C6H5N3. The van der Waals surface area contributed by atoms with Crippen LogP contribution in [0.25, 0.3) is 0 Å². The highest BCUT2D eigenvalue weighted by atomic mass is 14.8. The highest BCUT2D eigenvalue weighted by Crippen LogP contribution is 1.94. The predicted molar refractivity (Wildman–Crippen MR) is 31.5 cm³/mol. The van der Waals surface area contributed by atoms with Crippen molar-refractivity contribution in [1.82, 2.24) is 9.97 Å². The molecule has 0 bridgehead atoms. The summed E-state index contributed by atoms with van der Waals surface area (Å²) in [6.07, 6.45) is 3.07. The van der Waals surface area contributed by atoms with E-state index in [1.54, 1.807) is 13.1 Å². The predicted octanol–water partition coefficient (Wildman–Crippen LogP) is 0.657. The molecule has 0 aliphatic rings. The summed E-state index contributed by atoms with van der Waals surface area (Å²) in [6.45, 7) is 1.76. The van der Waals surface area contributed by atoms with E-state index in [9.17, 15) is 0 Å². The van der Waals surface area contributed by atoms with Crippen LogP contribution in [-0.2, 0) is 0 Å². The molecule has 9 heavy (non-hydrogen) atoms. The molecule has 44 valence electrons. The normalized spacial score (nSPS) is 8.44. The lowest BCUT2D eigenvalue weighted by atomic mass is 10.3. The molecule has 0 spiro atoms. The number of aromatic nitrogens is 2. The summed E-state index contributed by atoms with van der Waals surface area (Å²) >= 11 is 0. The lowest BCUT2D eigenvalue weighted by molar-refractivity contribution is 1.09. The lowest BCUT2D eigenvalue weighted by Gasteiger charge is -1.88. The van der Waals surface area contributed by atoms with Gasteiger partial charge in [-0.05, 0) is 6.92 Å². The topological polar surface area (TPSA) is 49.6 Å². The molecule has 1 aromatic rings. The number of nitriles is 1. The minimum absolute atomic E-state index is 0.400. The van der Waals surface area contributed by atoms with E-state index in [1.807, 2.05) is 6.07 Å². The van der Waals surface area contributed by atoms with Crippen molar-refractivity contribution < 1.29 is 0 Å². The zero-order valence-corrected chi connectivity index (χ0v) is 5.00. The van der Waals surface area contributed by atoms with Crippen LogP contribution in [0.2, 0.25) is 0 Å². The zero-order valence-electron chi connectivity index (χ0n) is 5.00. The largest absolute Gasteiger partial charge is 0.257 e. The van der Waals surface area contributed by atoms with Crippen molar-refractivity contribution in [1.29, 1.82) is 5.26 Å². The molecule has 0 amide bonds. The molecule has 0 saturated heterocycles. The highest BCUT2D eigenvalue weighted by molar-refractivity contribution is 5.22. The Bertz CT molecular complexity index is 249. The Morgan fingerprint density at radius 3 is 2.56 bits per heavy atom. The van der Waals surface area contributed by atoms with Gasteiger partial charge in [-0.15, -0.1) is 0 Å². The Hall–Kier alpha value is -1.43. The van der Waals surface area contributed by atoms with Gasteiger partial charge in [0.25, 0.3) is 0 Å². The fourth-order valence-corrected chi connectivity index (χ4v) is 0.517. The monoisotopic (exact) mass is 119 g/mol. The second-order valence-corrected chi connectivity index (χ2v) is 1.60. The summed E-state index contributed by atoms with van der Waals surface area (Å²) in [7, 11) is 0.